The summed E-state index contributed by atoms with van der Waals surface area (Å²) in [5.41, 5.74) is 0.593. The predicted molar refractivity (Wildman–Crippen MR) is 113 cm³/mol. The Kier molecular flexibility index (Phi) is 6.38. The van der Waals surface area contributed by atoms with Crippen LogP contribution in [0.5, 0.6) is 0 Å². The number of thioether (sulfide) groups is 1. The molecule has 10 nitrogen and oxygen atoms in total. The number of likely N-dealkylation sites (tertiary alicyclic amines) is 1. The van der Waals surface area contributed by atoms with Gasteiger partial charge in [0.25, 0.3) is 5.56 Å². The average molecular weight is 429 g/mol. The Morgan fingerprint density at radius 1 is 1.17 bits per heavy atom. The zero-order chi connectivity index (χ0) is 20.9. The van der Waals surface area contributed by atoms with E-state index in [1.165, 1.54) is 34.0 Å². The number of carbonyl (C=O) groups excluding carboxylic acids is 1. The smallest absolute Gasteiger partial charge is 0.274 e. The predicted octanol–water partition coefficient (Wildman–Crippen LogP) is 0.424. The van der Waals surface area contributed by atoms with Crippen molar-refractivity contribution in [3.63, 3.8) is 0 Å². The summed E-state index contributed by atoms with van der Waals surface area (Å²) in [5, 5.41) is 20.6. The van der Waals surface area contributed by atoms with Crippen LogP contribution in [0.25, 0.3) is 10.8 Å². The maximum atomic E-state index is 12.9. The monoisotopic (exact) mass is 428 g/mol. The molecule has 0 saturated carbocycles. The molecule has 3 heterocycles. The van der Waals surface area contributed by atoms with Crippen molar-refractivity contribution in [1.82, 2.24) is 40.2 Å². The van der Waals surface area contributed by atoms with Gasteiger partial charge in [-0.15, -0.1) is 5.10 Å². The zero-order valence-corrected chi connectivity index (χ0v) is 17.6. The molecular weight excluding hydrogens is 404 g/mol. The number of amides is 1. The van der Waals surface area contributed by atoms with E-state index in [0.29, 0.717) is 22.8 Å². The van der Waals surface area contributed by atoms with Crippen molar-refractivity contribution >= 4 is 28.4 Å². The van der Waals surface area contributed by atoms with Crippen LogP contribution < -0.4 is 10.9 Å². The van der Waals surface area contributed by atoms with Gasteiger partial charge >= 0.3 is 0 Å². The summed E-state index contributed by atoms with van der Waals surface area (Å²) in [5.74, 6) is 0.0458. The molecule has 1 saturated heterocycles. The number of rotatable bonds is 8. The molecule has 1 amide bonds. The number of aryl methyl sites for hydroxylation is 1. The molecule has 11 heteroatoms. The maximum Gasteiger partial charge on any atom is 0.274 e. The highest BCUT2D eigenvalue weighted by atomic mass is 32.2. The van der Waals surface area contributed by atoms with Gasteiger partial charge in [-0.25, -0.2) is 9.36 Å². The zero-order valence-electron chi connectivity index (χ0n) is 16.8. The fourth-order valence-corrected chi connectivity index (χ4v) is 4.22. The van der Waals surface area contributed by atoms with Crippen LogP contribution in [0.2, 0.25) is 0 Å². The molecule has 0 spiro atoms. The molecule has 0 unspecified atom stereocenters. The van der Waals surface area contributed by atoms with Crippen LogP contribution in [0, 0.1) is 0 Å². The third kappa shape index (κ3) is 4.68. The minimum absolute atomic E-state index is 0.0924. The van der Waals surface area contributed by atoms with E-state index in [4.69, 9.17) is 0 Å². The first kappa shape index (κ1) is 20.5. The van der Waals surface area contributed by atoms with Gasteiger partial charge in [-0.3, -0.25) is 9.59 Å². The van der Waals surface area contributed by atoms with Crippen molar-refractivity contribution in [3.05, 3.63) is 40.3 Å². The molecule has 1 aliphatic heterocycles. The Hall–Kier alpha value is -2.79. The second-order valence-corrected chi connectivity index (χ2v) is 8.16. The first-order valence-corrected chi connectivity index (χ1v) is 10.9. The standard InChI is InChI=1S/C19H24N8O2S/c1-25-19(21-23-24-25)30-13-17(28)20-12-16-14-6-2-3-7-15(14)18(29)27(22-16)11-10-26-8-4-5-9-26/h2-3,6-7H,4-5,8-13H2,1H3,(H,20,28). The van der Waals surface area contributed by atoms with Crippen molar-refractivity contribution in [2.75, 3.05) is 25.4 Å². The summed E-state index contributed by atoms with van der Waals surface area (Å²) >= 11 is 1.26. The second-order valence-electron chi connectivity index (χ2n) is 7.22. The summed E-state index contributed by atoms with van der Waals surface area (Å²) in [4.78, 5) is 27.5. The van der Waals surface area contributed by atoms with Gasteiger partial charge in [-0.1, -0.05) is 30.0 Å². The van der Waals surface area contributed by atoms with Crippen LogP contribution in [0.15, 0.2) is 34.2 Å². The van der Waals surface area contributed by atoms with E-state index in [0.717, 1.165) is 25.0 Å². The first-order valence-electron chi connectivity index (χ1n) is 9.95. The fraction of sp³-hybridized carbons (Fsp3) is 0.474. The molecule has 1 N–H and O–H groups in total. The Labute approximate surface area is 177 Å². The molecule has 0 radical (unpaired) electrons. The lowest BCUT2D eigenvalue weighted by atomic mass is 10.1. The largest absolute Gasteiger partial charge is 0.350 e. The molecule has 1 aromatic carbocycles. The number of aromatic nitrogens is 6. The van der Waals surface area contributed by atoms with Gasteiger partial charge in [-0.2, -0.15) is 5.10 Å². The molecule has 30 heavy (non-hydrogen) atoms. The molecule has 0 aliphatic carbocycles. The van der Waals surface area contributed by atoms with Crippen LogP contribution in [-0.2, 0) is 24.9 Å². The number of fused-ring (bicyclic) bond motifs is 1. The summed E-state index contributed by atoms with van der Waals surface area (Å²) in [7, 11) is 1.72. The van der Waals surface area contributed by atoms with Gasteiger partial charge in [0.05, 0.1) is 29.9 Å². The lowest BCUT2D eigenvalue weighted by molar-refractivity contribution is -0.118. The number of tetrazole rings is 1. The molecule has 0 bridgehead atoms. The summed E-state index contributed by atoms with van der Waals surface area (Å²) in [6.07, 6.45) is 2.42. The Balaban J connectivity index is 1.46. The lowest BCUT2D eigenvalue weighted by Crippen LogP contribution is -2.33. The van der Waals surface area contributed by atoms with Crippen LogP contribution in [0.3, 0.4) is 0 Å². The Morgan fingerprint density at radius 2 is 1.93 bits per heavy atom. The minimum atomic E-state index is -0.149. The van der Waals surface area contributed by atoms with Crippen LogP contribution in [0.4, 0.5) is 0 Å². The van der Waals surface area contributed by atoms with Gasteiger partial charge in [0.1, 0.15) is 0 Å². The highest BCUT2D eigenvalue weighted by Crippen LogP contribution is 2.15. The van der Waals surface area contributed by atoms with E-state index in [2.05, 4.69) is 30.8 Å². The molecule has 158 valence electrons. The topological polar surface area (TPSA) is 111 Å². The molecule has 2 aromatic heterocycles. The number of carbonyl (C=O) groups is 1. The van der Waals surface area contributed by atoms with Gasteiger partial charge < -0.3 is 10.2 Å². The normalized spacial score (nSPS) is 14.4. The van der Waals surface area contributed by atoms with E-state index in [1.54, 1.807) is 7.05 Å². The quantitative estimate of drug-likeness (QED) is 0.514. The maximum absolute atomic E-state index is 12.9. The third-order valence-electron chi connectivity index (χ3n) is 5.14. The number of hydrogen-bond acceptors (Lipinski definition) is 8. The molecule has 3 aromatic rings. The van der Waals surface area contributed by atoms with Crippen molar-refractivity contribution in [2.24, 2.45) is 7.05 Å². The number of nitrogens with zero attached hydrogens (tertiary/aromatic N) is 7. The molecule has 0 atom stereocenters. The molecule has 1 aliphatic rings. The van der Waals surface area contributed by atoms with Crippen LogP contribution in [-0.4, -0.2) is 66.2 Å². The first-order chi connectivity index (χ1) is 14.6. The summed E-state index contributed by atoms with van der Waals surface area (Å²) in [6.45, 7) is 3.74. The summed E-state index contributed by atoms with van der Waals surface area (Å²) < 4.78 is 3.05. The van der Waals surface area contributed by atoms with Crippen molar-refractivity contribution in [2.45, 2.75) is 31.1 Å². The molecular formula is C19H24N8O2S. The number of hydrogen-bond donors (Lipinski definition) is 1. The fourth-order valence-electron chi connectivity index (χ4n) is 3.54. The van der Waals surface area contributed by atoms with Crippen molar-refractivity contribution in [3.8, 4) is 0 Å². The minimum Gasteiger partial charge on any atom is -0.350 e. The van der Waals surface area contributed by atoms with Gasteiger partial charge in [0, 0.05) is 19.0 Å². The van der Waals surface area contributed by atoms with E-state index < -0.39 is 0 Å². The summed E-state index contributed by atoms with van der Waals surface area (Å²) in [6, 6.07) is 7.41. The number of benzene rings is 1. The highest BCUT2D eigenvalue weighted by molar-refractivity contribution is 7.99. The third-order valence-corrected chi connectivity index (χ3v) is 6.15. The van der Waals surface area contributed by atoms with E-state index >= 15 is 0 Å². The molecule has 4 rings (SSSR count). The highest BCUT2D eigenvalue weighted by Gasteiger charge is 2.15. The van der Waals surface area contributed by atoms with E-state index in [9.17, 15) is 9.59 Å². The Bertz CT molecular complexity index is 1090. The van der Waals surface area contributed by atoms with Crippen molar-refractivity contribution < 1.29 is 4.79 Å². The Morgan fingerprint density at radius 3 is 2.67 bits per heavy atom. The van der Waals surface area contributed by atoms with E-state index in [-0.39, 0.29) is 23.8 Å². The number of nitrogens with one attached hydrogen (secondary N) is 1. The van der Waals surface area contributed by atoms with E-state index in [1.807, 2.05) is 24.3 Å². The van der Waals surface area contributed by atoms with Gasteiger partial charge in [0.15, 0.2) is 0 Å². The SMILES string of the molecule is Cn1nnnc1SCC(=O)NCc1nn(CCN2CCCC2)c(=O)c2ccccc12. The van der Waals surface area contributed by atoms with Crippen LogP contribution >= 0.6 is 11.8 Å². The van der Waals surface area contributed by atoms with Crippen LogP contribution in [0.1, 0.15) is 18.5 Å². The van der Waals surface area contributed by atoms with Crippen molar-refractivity contribution in [1.29, 1.82) is 0 Å². The average Bonchev–Trinajstić information content (AvgIpc) is 3.42. The lowest BCUT2D eigenvalue weighted by Gasteiger charge is -2.16. The molecule has 1 fully saturated rings. The van der Waals surface area contributed by atoms with Gasteiger partial charge in [0.2, 0.25) is 11.1 Å². The van der Waals surface area contributed by atoms with Gasteiger partial charge in [-0.05, 0) is 42.4 Å². The second kappa shape index (κ2) is 9.35.